The molecule has 1 aliphatic heterocycles. The van der Waals surface area contributed by atoms with Gasteiger partial charge in [-0.3, -0.25) is 9.59 Å². The zero-order chi connectivity index (χ0) is 28.6. The van der Waals surface area contributed by atoms with Crippen LogP contribution in [0.25, 0.3) is 11.3 Å². The summed E-state index contributed by atoms with van der Waals surface area (Å²) in [7, 11) is 1.56. The molecule has 0 bridgehead atoms. The fourth-order valence-electron chi connectivity index (χ4n) is 4.87. The molecule has 41 heavy (non-hydrogen) atoms. The van der Waals surface area contributed by atoms with Crippen molar-refractivity contribution in [3.63, 3.8) is 0 Å². The molecule has 2 amide bonds. The molecule has 8 nitrogen and oxygen atoms in total. The highest BCUT2D eigenvalue weighted by atomic mass is 19.1. The molecule has 0 unspecified atom stereocenters. The Labute approximate surface area is 239 Å². The Morgan fingerprint density at radius 3 is 2.41 bits per heavy atom. The minimum absolute atomic E-state index is 0.0306. The highest BCUT2D eigenvalue weighted by Crippen LogP contribution is 2.21. The van der Waals surface area contributed by atoms with Crippen molar-refractivity contribution in [2.75, 3.05) is 44.7 Å². The first kappa shape index (κ1) is 27.8. The molecular formula is C32H32FN5O3. The average Bonchev–Trinajstić information content (AvgIpc) is 3.28. The van der Waals surface area contributed by atoms with E-state index < -0.39 is 0 Å². The standard InChI is InChI=1S/C32H32FN5O3/c1-41-28-10-5-9-26(21-28)32(40)38(22-24-7-3-2-4-8-24)23-31(39)37-18-6-17-36(19-20-37)30-16-15-29(34-35-30)25-11-13-27(33)14-12-25/h2-5,7-16,21H,6,17-20,22-23H2,1H3. The number of carbonyl (C=O) groups excluding carboxylic acids is 2. The molecule has 0 atom stereocenters. The molecule has 0 radical (unpaired) electrons. The maximum absolute atomic E-state index is 13.5. The lowest BCUT2D eigenvalue weighted by atomic mass is 10.1. The van der Waals surface area contributed by atoms with Crippen LogP contribution in [0.5, 0.6) is 5.75 Å². The molecule has 210 valence electrons. The smallest absolute Gasteiger partial charge is 0.254 e. The van der Waals surface area contributed by atoms with Gasteiger partial charge in [-0.25, -0.2) is 4.39 Å². The van der Waals surface area contributed by atoms with E-state index in [1.54, 1.807) is 48.4 Å². The third-order valence-electron chi connectivity index (χ3n) is 7.11. The zero-order valence-corrected chi connectivity index (χ0v) is 22.9. The number of amides is 2. The summed E-state index contributed by atoms with van der Waals surface area (Å²) in [6.45, 7) is 2.70. The van der Waals surface area contributed by atoms with Crippen molar-refractivity contribution in [3.05, 3.63) is 108 Å². The van der Waals surface area contributed by atoms with Crippen LogP contribution in [0, 0.1) is 5.82 Å². The summed E-state index contributed by atoms with van der Waals surface area (Å²) in [5.74, 6) is 0.688. The van der Waals surface area contributed by atoms with Crippen LogP contribution >= 0.6 is 0 Å². The van der Waals surface area contributed by atoms with Crippen LogP contribution in [0.15, 0.2) is 91.0 Å². The molecule has 0 spiro atoms. The van der Waals surface area contributed by atoms with E-state index in [4.69, 9.17) is 4.74 Å². The molecule has 1 aliphatic rings. The maximum atomic E-state index is 13.5. The van der Waals surface area contributed by atoms with Crippen molar-refractivity contribution in [2.24, 2.45) is 0 Å². The lowest BCUT2D eigenvalue weighted by Crippen LogP contribution is -2.44. The van der Waals surface area contributed by atoms with Crippen LogP contribution in [0.4, 0.5) is 10.2 Å². The number of halogens is 1. The van der Waals surface area contributed by atoms with E-state index in [0.717, 1.165) is 29.9 Å². The number of carbonyl (C=O) groups is 2. The first-order valence-corrected chi connectivity index (χ1v) is 13.6. The highest BCUT2D eigenvalue weighted by Gasteiger charge is 2.25. The zero-order valence-electron chi connectivity index (χ0n) is 22.9. The van der Waals surface area contributed by atoms with Crippen LogP contribution in [0.2, 0.25) is 0 Å². The molecule has 9 heteroatoms. The van der Waals surface area contributed by atoms with E-state index in [1.807, 2.05) is 47.4 Å². The van der Waals surface area contributed by atoms with Gasteiger partial charge in [-0.1, -0.05) is 36.4 Å². The first-order chi connectivity index (χ1) is 20.0. The van der Waals surface area contributed by atoms with Gasteiger partial charge < -0.3 is 19.4 Å². The molecule has 2 heterocycles. The highest BCUT2D eigenvalue weighted by molar-refractivity contribution is 5.96. The second kappa shape index (κ2) is 13.0. The largest absolute Gasteiger partial charge is 0.497 e. The molecule has 0 aliphatic carbocycles. The van der Waals surface area contributed by atoms with E-state index in [9.17, 15) is 14.0 Å². The number of hydrogen-bond acceptors (Lipinski definition) is 6. The number of hydrogen-bond donors (Lipinski definition) is 0. The normalized spacial score (nSPS) is 13.4. The number of ether oxygens (including phenoxy) is 1. The molecule has 3 aromatic carbocycles. The fourth-order valence-corrected chi connectivity index (χ4v) is 4.87. The summed E-state index contributed by atoms with van der Waals surface area (Å²) in [5.41, 5.74) is 2.88. The number of nitrogens with zero attached hydrogens (tertiary/aromatic N) is 5. The van der Waals surface area contributed by atoms with E-state index in [0.29, 0.717) is 43.2 Å². The van der Waals surface area contributed by atoms with Gasteiger partial charge in [-0.05, 0) is 66.6 Å². The summed E-state index contributed by atoms with van der Waals surface area (Å²) < 4.78 is 18.6. The van der Waals surface area contributed by atoms with Gasteiger partial charge >= 0.3 is 0 Å². The summed E-state index contributed by atoms with van der Waals surface area (Å²) in [6, 6.07) is 26.6. The van der Waals surface area contributed by atoms with Crippen molar-refractivity contribution >= 4 is 17.6 Å². The van der Waals surface area contributed by atoms with Crippen LogP contribution in [-0.2, 0) is 11.3 Å². The predicted molar refractivity (Wildman–Crippen MR) is 155 cm³/mol. The summed E-state index contributed by atoms with van der Waals surface area (Å²) in [4.78, 5) is 32.6. The van der Waals surface area contributed by atoms with E-state index in [2.05, 4.69) is 15.1 Å². The maximum Gasteiger partial charge on any atom is 0.254 e. The van der Waals surface area contributed by atoms with Crippen LogP contribution < -0.4 is 9.64 Å². The van der Waals surface area contributed by atoms with Crippen molar-refractivity contribution in [1.82, 2.24) is 20.0 Å². The lowest BCUT2D eigenvalue weighted by molar-refractivity contribution is -0.131. The van der Waals surface area contributed by atoms with Gasteiger partial charge in [0.15, 0.2) is 5.82 Å². The topological polar surface area (TPSA) is 78.9 Å². The quantitative estimate of drug-likeness (QED) is 0.316. The van der Waals surface area contributed by atoms with Crippen LogP contribution in [0.3, 0.4) is 0 Å². The minimum atomic E-state index is -0.296. The van der Waals surface area contributed by atoms with Crippen molar-refractivity contribution in [3.8, 4) is 17.0 Å². The second-order valence-electron chi connectivity index (χ2n) is 9.88. The minimum Gasteiger partial charge on any atom is -0.497 e. The van der Waals surface area contributed by atoms with Crippen molar-refractivity contribution in [2.45, 2.75) is 13.0 Å². The molecule has 5 rings (SSSR count). The van der Waals surface area contributed by atoms with Gasteiger partial charge in [0.1, 0.15) is 18.1 Å². The first-order valence-electron chi connectivity index (χ1n) is 13.6. The Balaban J connectivity index is 1.25. The average molecular weight is 554 g/mol. The lowest BCUT2D eigenvalue weighted by Gasteiger charge is -2.27. The molecular weight excluding hydrogens is 521 g/mol. The van der Waals surface area contributed by atoms with E-state index in [-0.39, 0.29) is 24.2 Å². The summed E-state index contributed by atoms with van der Waals surface area (Å²) in [6.07, 6.45) is 0.760. The number of methoxy groups -OCH3 is 1. The second-order valence-corrected chi connectivity index (χ2v) is 9.88. The monoisotopic (exact) mass is 553 g/mol. The summed E-state index contributed by atoms with van der Waals surface area (Å²) in [5, 5.41) is 8.73. The van der Waals surface area contributed by atoms with Gasteiger partial charge in [0.2, 0.25) is 5.91 Å². The third kappa shape index (κ3) is 7.05. The van der Waals surface area contributed by atoms with Gasteiger partial charge in [-0.15, -0.1) is 10.2 Å². The van der Waals surface area contributed by atoms with Gasteiger partial charge in [-0.2, -0.15) is 0 Å². The van der Waals surface area contributed by atoms with Gasteiger partial charge in [0.25, 0.3) is 5.91 Å². The number of benzene rings is 3. The number of anilines is 1. The molecule has 0 saturated carbocycles. The van der Waals surface area contributed by atoms with Crippen molar-refractivity contribution in [1.29, 1.82) is 0 Å². The third-order valence-corrected chi connectivity index (χ3v) is 7.11. The Kier molecular flexibility index (Phi) is 8.83. The van der Waals surface area contributed by atoms with E-state index in [1.165, 1.54) is 12.1 Å². The molecule has 1 aromatic heterocycles. The number of rotatable bonds is 8. The van der Waals surface area contributed by atoms with Gasteiger partial charge in [0, 0.05) is 43.9 Å². The Morgan fingerprint density at radius 2 is 1.68 bits per heavy atom. The molecule has 4 aromatic rings. The SMILES string of the molecule is COc1cccc(C(=O)N(CC(=O)N2CCCN(c3ccc(-c4ccc(F)cc4)nn3)CC2)Cc2ccccc2)c1. The predicted octanol–water partition coefficient (Wildman–Crippen LogP) is 4.67. The molecule has 0 N–H and O–H groups in total. The summed E-state index contributed by atoms with van der Waals surface area (Å²) >= 11 is 0. The number of aromatic nitrogens is 2. The van der Waals surface area contributed by atoms with Crippen molar-refractivity contribution < 1.29 is 18.7 Å². The van der Waals surface area contributed by atoms with Crippen LogP contribution in [0.1, 0.15) is 22.3 Å². The van der Waals surface area contributed by atoms with E-state index >= 15 is 0 Å². The van der Waals surface area contributed by atoms with Gasteiger partial charge in [0.05, 0.1) is 12.8 Å². The molecule has 1 saturated heterocycles. The van der Waals surface area contributed by atoms with Crippen LogP contribution in [-0.4, -0.2) is 71.6 Å². The molecule has 1 fully saturated rings. The Morgan fingerprint density at radius 1 is 0.878 bits per heavy atom. The fraction of sp³-hybridized carbons (Fsp3) is 0.250. The Bertz CT molecular complexity index is 1470. The Hall–Kier alpha value is -4.79.